The van der Waals surface area contributed by atoms with E-state index in [1.807, 2.05) is 12.1 Å². The number of likely N-dealkylation sites (N-methyl/N-ethyl adjacent to an activating group) is 1. The van der Waals surface area contributed by atoms with Gasteiger partial charge in [0, 0.05) is 23.5 Å². The van der Waals surface area contributed by atoms with Crippen LogP contribution in [0.3, 0.4) is 0 Å². The lowest BCUT2D eigenvalue weighted by Gasteiger charge is -2.23. The second kappa shape index (κ2) is 6.37. The summed E-state index contributed by atoms with van der Waals surface area (Å²) in [6.45, 7) is 15.2. The molecule has 0 unspecified atom stereocenters. The van der Waals surface area contributed by atoms with Gasteiger partial charge in [-0.2, -0.15) is 0 Å². The first-order chi connectivity index (χ1) is 9.86. The molecule has 3 nitrogen and oxygen atoms in total. The predicted molar refractivity (Wildman–Crippen MR) is 91.2 cm³/mol. The molecular formula is C17H26ClN3. The molecule has 0 aliphatic heterocycles. The van der Waals surface area contributed by atoms with Gasteiger partial charge in [-0.3, -0.25) is 0 Å². The minimum absolute atomic E-state index is 0.0226. The first-order valence-corrected chi connectivity index (χ1v) is 8.13. The lowest BCUT2D eigenvalue weighted by molar-refractivity contribution is 0.288. The fourth-order valence-electron chi connectivity index (χ4n) is 2.68. The largest absolute Gasteiger partial charge is 0.326 e. The van der Waals surface area contributed by atoms with Crippen molar-refractivity contribution in [2.75, 3.05) is 19.6 Å². The van der Waals surface area contributed by atoms with Crippen LogP contribution in [-0.2, 0) is 12.0 Å². The molecule has 0 aliphatic rings. The summed E-state index contributed by atoms with van der Waals surface area (Å²) >= 11 is 6.11. The van der Waals surface area contributed by atoms with E-state index in [0.29, 0.717) is 0 Å². The summed E-state index contributed by atoms with van der Waals surface area (Å²) in [6.07, 6.45) is 0. The van der Waals surface area contributed by atoms with Crippen molar-refractivity contribution in [3.05, 3.63) is 29.0 Å². The minimum Gasteiger partial charge on any atom is -0.326 e. The predicted octanol–water partition coefficient (Wildman–Crippen LogP) is 4.33. The van der Waals surface area contributed by atoms with Gasteiger partial charge in [-0.25, -0.2) is 4.98 Å². The number of aromatic nitrogens is 2. The van der Waals surface area contributed by atoms with Gasteiger partial charge in [-0.05, 0) is 31.3 Å². The van der Waals surface area contributed by atoms with Crippen LogP contribution in [0.5, 0.6) is 0 Å². The van der Waals surface area contributed by atoms with Gasteiger partial charge in [-0.1, -0.05) is 46.2 Å². The highest BCUT2D eigenvalue weighted by Crippen LogP contribution is 2.28. The second-order valence-electron chi connectivity index (χ2n) is 6.50. The van der Waals surface area contributed by atoms with Crippen molar-refractivity contribution in [2.24, 2.45) is 0 Å². The standard InChI is InChI=1S/C17H26ClN3/c1-6-20(7-2)10-11-21-15-9-8-13(18)12-14(15)19-16(21)17(3,4)5/h8-9,12H,6-7,10-11H2,1-5H3. The number of hydrogen-bond donors (Lipinski definition) is 0. The van der Waals surface area contributed by atoms with E-state index in [2.05, 4.69) is 50.2 Å². The van der Waals surface area contributed by atoms with Gasteiger partial charge in [0.15, 0.2) is 0 Å². The lowest BCUT2D eigenvalue weighted by atomic mass is 9.95. The topological polar surface area (TPSA) is 21.1 Å². The zero-order valence-corrected chi connectivity index (χ0v) is 14.5. The van der Waals surface area contributed by atoms with E-state index in [1.54, 1.807) is 0 Å². The van der Waals surface area contributed by atoms with E-state index in [4.69, 9.17) is 16.6 Å². The maximum absolute atomic E-state index is 6.11. The Balaban J connectivity index is 2.43. The Kier molecular flexibility index (Phi) is 4.95. The van der Waals surface area contributed by atoms with E-state index < -0.39 is 0 Å². The fourth-order valence-corrected chi connectivity index (χ4v) is 2.85. The van der Waals surface area contributed by atoms with E-state index in [9.17, 15) is 0 Å². The molecule has 0 fully saturated rings. The van der Waals surface area contributed by atoms with Crippen molar-refractivity contribution in [1.29, 1.82) is 0 Å². The van der Waals surface area contributed by atoms with Crippen LogP contribution in [0.15, 0.2) is 18.2 Å². The number of hydrogen-bond acceptors (Lipinski definition) is 2. The average molecular weight is 308 g/mol. The molecular weight excluding hydrogens is 282 g/mol. The average Bonchev–Trinajstić information content (AvgIpc) is 2.78. The smallest absolute Gasteiger partial charge is 0.115 e. The van der Waals surface area contributed by atoms with Gasteiger partial charge in [0.1, 0.15) is 5.82 Å². The third-order valence-corrected chi connectivity index (χ3v) is 4.15. The first kappa shape index (κ1) is 16.3. The number of imidazole rings is 1. The summed E-state index contributed by atoms with van der Waals surface area (Å²) in [5.74, 6) is 1.13. The monoisotopic (exact) mass is 307 g/mol. The van der Waals surface area contributed by atoms with Crippen molar-refractivity contribution < 1.29 is 0 Å². The minimum atomic E-state index is 0.0226. The van der Waals surface area contributed by atoms with Gasteiger partial charge < -0.3 is 9.47 Å². The van der Waals surface area contributed by atoms with Crippen LogP contribution in [0.4, 0.5) is 0 Å². The molecule has 0 atom stereocenters. The summed E-state index contributed by atoms with van der Waals surface area (Å²) in [6, 6.07) is 5.99. The zero-order chi connectivity index (χ0) is 15.6. The molecule has 0 saturated carbocycles. The van der Waals surface area contributed by atoms with Gasteiger partial charge >= 0.3 is 0 Å². The van der Waals surface area contributed by atoms with Crippen LogP contribution in [0, 0.1) is 0 Å². The molecule has 0 amide bonds. The van der Waals surface area contributed by atoms with Gasteiger partial charge in [0.25, 0.3) is 0 Å². The van der Waals surface area contributed by atoms with E-state index in [0.717, 1.165) is 42.5 Å². The van der Waals surface area contributed by atoms with Crippen molar-refractivity contribution >= 4 is 22.6 Å². The lowest BCUT2D eigenvalue weighted by Crippen LogP contribution is -2.29. The molecule has 0 aliphatic carbocycles. The normalized spacial score (nSPS) is 12.5. The molecule has 0 N–H and O–H groups in total. The molecule has 2 rings (SSSR count). The van der Waals surface area contributed by atoms with Crippen molar-refractivity contribution in [2.45, 2.75) is 46.6 Å². The van der Waals surface area contributed by atoms with Crippen molar-refractivity contribution in [1.82, 2.24) is 14.5 Å². The summed E-state index contributed by atoms with van der Waals surface area (Å²) < 4.78 is 2.35. The quantitative estimate of drug-likeness (QED) is 0.820. The SMILES string of the molecule is CCN(CC)CCn1c(C(C)(C)C)nc2cc(Cl)ccc21. The Labute approximate surface area is 132 Å². The Morgan fingerprint density at radius 3 is 2.43 bits per heavy atom. The van der Waals surface area contributed by atoms with E-state index >= 15 is 0 Å². The van der Waals surface area contributed by atoms with E-state index in [-0.39, 0.29) is 5.41 Å². The van der Waals surface area contributed by atoms with Gasteiger partial charge in [-0.15, -0.1) is 0 Å². The number of fused-ring (bicyclic) bond motifs is 1. The van der Waals surface area contributed by atoms with Crippen LogP contribution < -0.4 is 0 Å². The van der Waals surface area contributed by atoms with Crippen LogP contribution in [0.25, 0.3) is 11.0 Å². The second-order valence-corrected chi connectivity index (χ2v) is 6.93. The highest BCUT2D eigenvalue weighted by molar-refractivity contribution is 6.31. The fraction of sp³-hybridized carbons (Fsp3) is 0.588. The first-order valence-electron chi connectivity index (χ1n) is 7.75. The molecule has 0 bridgehead atoms. The Morgan fingerprint density at radius 1 is 1.19 bits per heavy atom. The third-order valence-electron chi connectivity index (χ3n) is 3.92. The molecule has 1 aromatic heterocycles. The van der Waals surface area contributed by atoms with Crippen LogP contribution in [-0.4, -0.2) is 34.1 Å². The molecule has 21 heavy (non-hydrogen) atoms. The maximum atomic E-state index is 6.11. The highest BCUT2D eigenvalue weighted by Gasteiger charge is 2.23. The van der Waals surface area contributed by atoms with Crippen molar-refractivity contribution in [3.8, 4) is 0 Å². The van der Waals surface area contributed by atoms with E-state index in [1.165, 1.54) is 5.52 Å². The molecule has 116 valence electrons. The Hall–Kier alpha value is -1.06. The molecule has 0 radical (unpaired) electrons. The Bertz CT molecular complexity index is 606. The summed E-state index contributed by atoms with van der Waals surface area (Å²) in [5, 5.41) is 0.747. The number of benzene rings is 1. The van der Waals surface area contributed by atoms with Crippen molar-refractivity contribution in [3.63, 3.8) is 0 Å². The molecule has 1 heterocycles. The summed E-state index contributed by atoms with van der Waals surface area (Å²) in [5.41, 5.74) is 2.19. The summed E-state index contributed by atoms with van der Waals surface area (Å²) in [4.78, 5) is 7.27. The molecule has 4 heteroatoms. The highest BCUT2D eigenvalue weighted by atomic mass is 35.5. The molecule has 2 aromatic rings. The third kappa shape index (κ3) is 3.58. The zero-order valence-electron chi connectivity index (χ0n) is 13.8. The van der Waals surface area contributed by atoms with Gasteiger partial charge in [0.05, 0.1) is 11.0 Å². The van der Waals surface area contributed by atoms with Gasteiger partial charge in [0.2, 0.25) is 0 Å². The molecule has 0 spiro atoms. The number of halogens is 1. The van der Waals surface area contributed by atoms with Crippen LogP contribution >= 0.6 is 11.6 Å². The number of rotatable bonds is 5. The molecule has 1 aromatic carbocycles. The summed E-state index contributed by atoms with van der Waals surface area (Å²) in [7, 11) is 0. The maximum Gasteiger partial charge on any atom is 0.115 e. The van der Waals surface area contributed by atoms with Crippen LogP contribution in [0.2, 0.25) is 5.02 Å². The Morgan fingerprint density at radius 2 is 1.86 bits per heavy atom. The molecule has 0 saturated heterocycles. The van der Waals surface area contributed by atoms with Crippen LogP contribution in [0.1, 0.15) is 40.4 Å². The number of nitrogens with zero attached hydrogens (tertiary/aromatic N) is 3.